The van der Waals surface area contributed by atoms with E-state index in [1.165, 1.54) is 6.07 Å². The molecule has 0 aliphatic rings. The van der Waals surface area contributed by atoms with Crippen molar-refractivity contribution in [1.82, 2.24) is 0 Å². The molecule has 0 unspecified atom stereocenters. The molecular weight excluding hydrogens is 292 g/mol. The number of rotatable bonds is 3. The minimum Gasteiger partial charge on any atom is -0.423 e. The second-order valence-corrected chi connectivity index (χ2v) is 4.54. The number of fused-ring (bicyclic) bond motifs is 1. The Kier molecular flexibility index (Phi) is 7.00. The summed E-state index contributed by atoms with van der Waals surface area (Å²) in [6, 6.07) is 6.42. The number of carbonyl (C=O) groups excluding carboxylic acids is 1. The summed E-state index contributed by atoms with van der Waals surface area (Å²) in [5, 5.41) is 0.814. The Morgan fingerprint density at radius 2 is 1.87 bits per heavy atom. The third-order valence-corrected chi connectivity index (χ3v) is 3.03. The Balaban J connectivity index is 0.00000127. The van der Waals surface area contributed by atoms with Crippen LogP contribution in [-0.2, 0) is 4.79 Å². The van der Waals surface area contributed by atoms with E-state index >= 15 is 0 Å². The zero-order valence-corrected chi connectivity index (χ0v) is 14.2. The number of hydrogen-bond acceptors (Lipinski definition) is 4. The average Bonchev–Trinajstić information content (AvgIpc) is 2.53. The molecule has 0 aliphatic heterocycles. The van der Waals surface area contributed by atoms with Crippen molar-refractivity contribution in [3.63, 3.8) is 0 Å². The van der Waals surface area contributed by atoms with E-state index in [0.29, 0.717) is 16.9 Å². The van der Waals surface area contributed by atoms with E-state index in [1.807, 2.05) is 27.7 Å². The van der Waals surface area contributed by atoms with Gasteiger partial charge in [0.15, 0.2) is 0 Å². The van der Waals surface area contributed by atoms with E-state index in [1.54, 1.807) is 43.4 Å². The van der Waals surface area contributed by atoms with Crippen LogP contribution in [-0.4, -0.2) is 5.97 Å². The first kappa shape index (κ1) is 18.4. The van der Waals surface area contributed by atoms with Crippen molar-refractivity contribution in [2.24, 2.45) is 0 Å². The van der Waals surface area contributed by atoms with Crippen molar-refractivity contribution in [1.29, 1.82) is 0 Å². The lowest BCUT2D eigenvalue weighted by atomic mass is 10.1. The van der Waals surface area contributed by atoms with Gasteiger partial charge in [0, 0.05) is 17.5 Å². The Morgan fingerprint density at radius 3 is 2.48 bits per heavy atom. The van der Waals surface area contributed by atoms with Gasteiger partial charge in [0.05, 0.1) is 5.57 Å². The normalized spacial score (nSPS) is 11.3. The van der Waals surface area contributed by atoms with Gasteiger partial charge < -0.3 is 9.15 Å². The SMILES string of the molecule is C/C=C\C(=C/C)C(=O)Oc1ccc2c(C)cc(=O)oc2c1.CC. The number of ether oxygens (including phenoxy) is 1. The maximum Gasteiger partial charge on any atom is 0.343 e. The molecule has 0 spiro atoms. The molecule has 122 valence electrons. The van der Waals surface area contributed by atoms with Gasteiger partial charge in [-0.25, -0.2) is 9.59 Å². The summed E-state index contributed by atoms with van der Waals surface area (Å²) in [6.45, 7) is 9.42. The lowest BCUT2D eigenvalue weighted by Crippen LogP contribution is -2.09. The van der Waals surface area contributed by atoms with Gasteiger partial charge in [-0.15, -0.1) is 0 Å². The fourth-order valence-corrected chi connectivity index (χ4v) is 2.00. The van der Waals surface area contributed by atoms with Gasteiger partial charge in [-0.3, -0.25) is 0 Å². The smallest absolute Gasteiger partial charge is 0.343 e. The molecule has 0 radical (unpaired) electrons. The van der Waals surface area contributed by atoms with Gasteiger partial charge in [0.25, 0.3) is 0 Å². The van der Waals surface area contributed by atoms with Crippen LogP contribution in [0.15, 0.2) is 57.3 Å². The van der Waals surface area contributed by atoms with Crippen molar-refractivity contribution >= 4 is 16.9 Å². The lowest BCUT2D eigenvalue weighted by molar-refractivity contribution is -0.129. The van der Waals surface area contributed by atoms with Gasteiger partial charge in [-0.2, -0.15) is 0 Å². The molecular formula is C19H22O4. The summed E-state index contributed by atoms with van der Waals surface area (Å²) in [4.78, 5) is 23.4. The Morgan fingerprint density at radius 1 is 1.17 bits per heavy atom. The first-order valence-corrected chi connectivity index (χ1v) is 7.61. The number of aryl methyl sites for hydroxylation is 1. The highest BCUT2D eigenvalue weighted by Gasteiger charge is 2.10. The minimum absolute atomic E-state index is 0.338. The molecule has 2 aromatic rings. The van der Waals surface area contributed by atoms with E-state index in [0.717, 1.165) is 10.9 Å². The predicted octanol–water partition coefficient (Wildman–Crippen LogP) is 4.56. The summed E-state index contributed by atoms with van der Waals surface area (Å²) in [7, 11) is 0. The van der Waals surface area contributed by atoms with Crippen LogP contribution in [0.1, 0.15) is 33.3 Å². The summed E-state index contributed by atoms with van der Waals surface area (Å²) >= 11 is 0. The van der Waals surface area contributed by atoms with Crippen LogP contribution in [0.25, 0.3) is 11.0 Å². The summed E-state index contributed by atoms with van der Waals surface area (Å²) in [5.74, 6) is -0.116. The molecule has 1 aromatic carbocycles. The molecule has 0 saturated carbocycles. The molecule has 4 nitrogen and oxygen atoms in total. The fourth-order valence-electron chi connectivity index (χ4n) is 2.00. The monoisotopic (exact) mass is 314 g/mol. The minimum atomic E-state index is -0.454. The Hall–Kier alpha value is -2.62. The molecule has 0 fully saturated rings. The van der Waals surface area contributed by atoms with Crippen LogP contribution >= 0.6 is 0 Å². The molecule has 2 rings (SSSR count). The largest absolute Gasteiger partial charge is 0.423 e. The molecule has 0 amide bonds. The van der Waals surface area contributed by atoms with E-state index in [-0.39, 0.29) is 0 Å². The van der Waals surface area contributed by atoms with Crippen molar-refractivity contribution in [3.05, 3.63) is 64.1 Å². The zero-order chi connectivity index (χ0) is 17.4. The molecule has 4 heteroatoms. The first-order chi connectivity index (χ1) is 11.0. The molecule has 0 atom stereocenters. The third-order valence-electron chi connectivity index (χ3n) is 3.03. The van der Waals surface area contributed by atoms with Crippen LogP contribution in [0.3, 0.4) is 0 Å². The van der Waals surface area contributed by atoms with Gasteiger partial charge in [-0.05, 0) is 38.5 Å². The van der Waals surface area contributed by atoms with Crippen molar-refractivity contribution in [3.8, 4) is 5.75 Å². The second kappa shape index (κ2) is 8.73. The van der Waals surface area contributed by atoms with Gasteiger partial charge in [0.2, 0.25) is 0 Å². The van der Waals surface area contributed by atoms with Gasteiger partial charge in [-0.1, -0.05) is 32.1 Å². The van der Waals surface area contributed by atoms with Crippen LogP contribution in [0.5, 0.6) is 5.75 Å². The standard InChI is InChI=1S/C17H16O4.C2H6/c1-4-6-12(5-2)17(19)20-13-7-8-14-11(3)9-16(18)21-15(14)10-13;1-2/h4-10H,1-3H3;1-2H3/b6-4-,12-5+;. The fraction of sp³-hybridized carbons (Fsp3) is 0.263. The van der Waals surface area contributed by atoms with E-state index in [2.05, 4.69) is 0 Å². The van der Waals surface area contributed by atoms with Crippen LogP contribution < -0.4 is 10.4 Å². The molecule has 1 heterocycles. The average molecular weight is 314 g/mol. The zero-order valence-electron chi connectivity index (χ0n) is 14.2. The summed E-state index contributed by atoms with van der Waals surface area (Å²) < 4.78 is 10.4. The van der Waals surface area contributed by atoms with E-state index in [4.69, 9.17) is 9.15 Å². The molecule has 23 heavy (non-hydrogen) atoms. The highest BCUT2D eigenvalue weighted by molar-refractivity contribution is 5.93. The van der Waals surface area contributed by atoms with Crippen LogP contribution in [0, 0.1) is 6.92 Å². The maximum atomic E-state index is 12.0. The summed E-state index contributed by atoms with van der Waals surface area (Å²) in [5.41, 5.74) is 1.26. The molecule has 1 aromatic heterocycles. The first-order valence-electron chi connectivity index (χ1n) is 7.61. The van der Waals surface area contributed by atoms with Gasteiger partial charge >= 0.3 is 11.6 Å². The third kappa shape index (κ3) is 4.68. The number of benzene rings is 1. The number of carbonyl (C=O) groups is 1. The van der Waals surface area contributed by atoms with Crippen LogP contribution in [0.2, 0.25) is 0 Å². The predicted molar refractivity (Wildman–Crippen MR) is 92.8 cm³/mol. The van der Waals surface area contributed by atoms with Crippen molar-refractivity contribution in [2.45, 2.75) is 34.6 Å². The number of hydrogen-bond donors (Lipinski definition) is 0. The highest BCUT2D eigenvalue weighted by atomic mass is 16.5. The van der Waals surface area contributed by atoms with Crippen molar-refractivity contribution < 1.29 is 13.9 Å². The maximum absolute atomic E-state index is 12.0. The molecule has 0 saturated heterocycles. The molecule has 0 N–H and O–H groups in total. The highest BCUT2D eigenvalue weighted by Crippen LogP contribution is 2.22. The number of allylic oxidation sites excluding steroid dienone is 2. The topological polar surface area (TPSA) is 56.5 Å². The van der Waals surface area contributed by atoms with E-state index < -0.39 is 11.6 Å². The Labute approximate surface area is 136 Å². The molecule has 0 aliphatic carbocycles. The quantitative estimate of drug-likeness (QED) is 0.274. The second-order valence-electron chi connectivity index (χ2n) is 4.54. The van der Waals surface area contributed by atoms with Crippen LogP contribution in [0.4, 0.5) is 0 Å². The summed E-state index contributed by atoms with van der Waals surface area (Å²) in [6.07, 6.45) is 5.11. The van der Waals surface area contributed by atoms with E-state index in [9.17, 15) is 9.59 Å². The lowest BCUT2D eigenvalue weighted by Gasteiger charge is -2.06. The van der Waals surface area contributed by atoms with Crippen molar-refractivity contribution in [2.75, 3.05) is 0 Å². The molecule has 0 bridgehead atoms. The Bertz CT molecular complexity index is 795. The number of esters is 1. The van der Waals surface area contributed by atoms with Gasteiger partial charge in [0.1, 0.15) is 11.3 Å².